The number of rotatable bonds is 6. The number of hydrogen-bond acceptors (Lipinski definition) is 6. The number of benzene rings is 1. The predicted octanol–water partition coefficient (Wildman–Crippen LogP) is 1.21. The quantitative estimate of drug-likeness (QED) is 0.684. The Morgan fingerprint density at radius 3 is 2.03 bits per heavy atom. The molecule has 1 aliphatic heterocycles. The molecule has 0 aliphatic carbocycles. The summed E-state index contributed by atoms with van der Waals surface area (Å²) >= 11 is 6.08. The zero-order chi connectivity index (χ0) is 21.8. The molecule has 1 fully saturated rings. The third kappa shape index (κ3) is 7.93. The van der Waals surface area contributed by atoms with Crippen LogP contribution in [0.25, 0.3) is 0 Å². The van der Waals surface area contributed by atoms with Gasteiger partial charge in [-0.25, -0.2) is 8.42 Å². The van der Waals surface area contributed by atoms with Crippen LogP contribution in [0.1, 0.15) is 20.8 Å². The molecule has 2 rings (SSSR count). The fraction of sp³-hybridized carbons (Fsp3) is 0.579. The monoisotopic (exact) mass is 444 g/mol. The number of sulfone groups is 1. The lowest BCUT2D eigenvalue weighted by Gasteiger charge is -2.34. The van der Waals surface area contributed by atoms with E-state index in [4.69, 9.17) is 11.6 Å². The molecule has 1 aromatic rings. The molecule has 162 valence electrons. The van der Waals surface area contributed by atoms with Gasteiger partial charge in [0.15, 0.2) is 9.84 Å². The van der Waals surface area contributed by atoms with Gasteiger partial charge in [-0.05, 0) is 39.0 Å². The molecule has 10 heteroatoms. The maximum Gasteiger partial charge on any atom is 0.238 e. The van der Waals surface area contributed by atoms with Crippen molar-refractivity contribution in [2.24, 2.45) is 0 Å². The van der Waals surface area contributed by atoms with Crippen LogP contribution in [0.5, 0.6) is 0 Å². The number of carbonyl (C=O) groups is 2. The van der Waals surface area contributed by atoms with Gasteiger partial charge in [-0.15, -0.1) is 0 Å². The number of halogens is 1. The number of anilines is 1. The molecule has 0 aromatic heterocycles. The van der Waals surface area contributed by atoms with Crippen LogP contribution in [0.2, 0.25) is 5.02 Å². The zero-order valence-electron chi connectivity index (χ0n) is 17.3. The average Bonchev–Trinajstić information content (AvgIpc) is 2.56. The lowest BCUT2D eigenvalue weighted by Crippen LogP contribution is -2.52. The van der Waals surface area contributed by atoms with Crippen molar-refractivity contribution in [3.63, 3.8) is 0 Å². The molecular formula is C19H29ClN4O4S. The van der Waals surface area contributed by atoms with Crippen molar-refractivity contribution in [3.8, 4) is 0 Å². The summed E-state index contributed by atoms with van der Waals surface area (Å²) < 4.78 is 23.4. The molecule has 29 heavy (non-hydrogen) atoms. The Morgan fingerprint density at radius 1 is 1.03 bits per heavy atom. The van der Waals surface area contributed by atoms with E-state index in [1.54, 1.807) is 0 Å². The maximum absolute atomic E-state index is 12.4. The summed E-state index contributed by atoms with van der Waals surface area (Å²) in [6.45, 7) is 9.04. The van der Waals surface area contributed by atoms with Crippen LogP contribution in [0, 0.1) is 0 Å². The van der Waals surface area contributed by atoms with Gasteiger partial charge in [0.1, 0.15) is 0 Å². The standard InChI is InChI=1S/C19H29ClN4O4S/c1-19(2,3)22-18(26)13-24-9-7-23(8-10-24)12-17(25)21-16-11-14(29(4,27)28)5-6-15(16)20/h5-6,11H,7-10,12-13H2,1-4H3,(H,21,25)(H,22,26). The summed E-state index contributed by atoms with van der Waals surface area (Å²) in [7, 11) is -3.39. The van der Waals surface area contributed by atoms with E-state index in [-0.39, 0.29) is 39.5 Å². The molecule has 1 heterocycles. The normalized spacial score (nSPS) is 16.4. The van der Waals surface area contributed by atoms with Crippen LogP contribution in [0.3, 0.4) is 0 Å². The molecule has 8 nitrogen and oxygen atoms in total. The molecule has 1 aromatic carbocycles. The molecule has 1 saturated heterocycles. The van der Waals surface area contributed by atoms with Gasteiger partial charge in [-0.1, -0.05) is 11.6 Å². The number of carbonyl (C=O) groups excluding carboxylic acids is 2. The van der Waals surface area contributed by atoms with Gasteiger partial charge < -0.3 is 10.6 Å². The highest BCUT2D eigenvalue weighted by molar-refractivity contribution is 7.90. The van der Waals surface area contributed by atoms with E-state index >= 15 is 0 Å². The molecule has 0 radical (unpaired) electrons. The number of amides is 2. The predicted molar refractivity (Wildman–Crippen MR) is 114 cm³/mol. The van der Waals surface area contributed by atoms with E-state index < -0.39 is 9.84 Å². The third-order valence-corrected chi connectivity index (χ3v) is 5.79. The summed E-state index contributed by atoms with van der Waals surface area (Å²) in [5, 5.41) is 5.91. The number of hydrogen-bond donors (Lipinski definition) is 2. The van der Waals surface area contributed by atoms with Crippen LogP contribution in [-0.4, -0.2) is 81.1 Å². The lowest BCUT2D eigenvalue weighted by molar-refractivity contribution is -0.124. The molecule has 0 bridgehead atoms. The molecule has 0 spiro atoms. The van der Waals surface area contributed by atoms with Crippen molar-refractivity contribution in [2.75, 3.05) is 50.8 Å². The van der Waals surface area contributed by atoms with E-state index in [9.17, 15) is 18.0 Å². The van der Waals surface area contributed by atoms with Gasteiger partial charge in [-0.3, -0.25) is 19.4 Å². The van der Waals surface area contributed by atoms with Crippen molar-refractivity contribution >= 4 is 38.9 Å². The lowest BCUT2D eigenvalue weighted by atomic mass is 10.1. The smallest absolute Gasteiger partial charge is 0.238 e. The summed E-state index contributed by atoms with van der Waals surface area (Å²) in [6, 6.07) is 4.22. The van der Waals surface area contributed by atoms with Gasteiger partial charge in [-0.2, -0.15) is 0 Å². The van der Waals surface area contributed by atoms with Crippen LogP contribution in [-0.2, 0) is 19.4 Å². The fourth-order valence-electron chi connectivity index (χ4n) is 2.99. The van der Waals surface area contributed by atoms with E-state index in [0.717, 1.165) is 6.26 Å². The minimum atomic E-state index is -3.39. The van der Waals surface area contributed by atoms with Crippen molar-refractivity contribution in [1.82, 2.24) is 15.1 Å². The largest absolute Gasteiger partial charge is 0.350 e. The highest BCUT2D eigenvalue weighted by atomic mass is 35.5. The maximum atomic E-state index is 12.4. The van der Waals surface area contributed by atoms with Gasteiger partial charge in [0.2, 0.25) is 11.8 Å². The van der Waals surface area contributed by atoms with Gasteiger partial charge in [0.05, 0.1) is 28.7 Å². The Labute approximate surface area is 177 Å². The Kier molecular flexibility index (Phi) is 7.67. The summed E-state index contributed by atoms with van der Waals surface area (Å²) in [6.07, 6.45) is 1.10. The fourth-order valence-corrected chi connectivity index (χ4v) is 3.80. The van der Waals surface area contributed by atoms with E-state index in [1.165, 1.54) is 18.2 Å². The highest BCUT2D eigenvalue weighted by Crippen LogP contribution is 2.25. The van der Waals surface area contributed by atoms with E-state index in [2.05, 4.69) is 15.5 Å². The van der Waals surface area contributed by atoms with Gasteiger partial charge in [0.25, 0.3) is 0 Å². The SMILES string of the molecule is CC(C)(C)NC(=O)CN1CCN(CC(=O)Nc2cc(S(C)(=O)=O)ccc2Cl)CC1. The highest BCUT2D eigenvalue weighted by Gasteiger charge is 2.22. The van der Waals surface area contributed by atoms with Gasteiger partial charge >= 0.3 is 0 Å². The first kappa shape index (κ1) is 23.6. The van der Waals surface area contributed by atoms with Crippen LogP contribution in [0.4, 0.5) is 5.69 Å². The number of nitrogens with zero attached hydrogens (tertiary/aromatic N) is 2. The molecule has 2 N–H and O–H groups in total. The molecule has 1 aliphatic rings. The first-order valence-electron chi connectivity index (χ1n) is 9.39. The molecular weight excluding hydrogens is 416 g/mol. The Morgan fingerprint density at radius 2 is 1.55 bits per heavy atom. The first-order chi connectivity index (χ1) is 13.3. The topological polar surface area (TPSA) is 98.8 Å². The average molecular weight is 445 g/mol. The molecule has 0 atom stereocenters. The molecule has 2 amide bonds. The van der Waals surface area contributed by atoms with Crippen molar-refractivity contribution in [2.45, 2.75) is 31.2 Å². The second-order valence-corrected chi connectivity index (χ2v) is 10.7. The second-order valence-electron chi connectivity index (χ2n) is 8.31. The second kappa shape index (κ2) is 9.42. The summed E-state index contributed by atoms with van der Waals surface area (Å²) in [5.41, 5.74) is 0.0178. The Balaban J connectivity index is 1.84. The Hall–Kier alpha value is -1.68. The van der Waals surface area contributed by atoms with Crippen LogP contribution >= 0.6 is 11.6 Å². The number of nitrogens with one attached hydrogen (secondary N) is 2. The van der Waals surface area contributed by atoms with E-state index in [1.807, 2.05) is 25.7 Å². The van der Waals surface area contributed by atoms with Crippen molar-refractivity contribution in [3.05, 3.63) is 23.2 Å². The first-order valence-corrected chi connectivity index (χ1v) is 11.7. The summed E-state index contributed by atoms with van der Waals surface area (Å²) in [5.74, 6) is -0.277. The minimum absolute atomic E-state index is 0.0101. The van der Waals surface area contributed by atoms with Crippen molar-refractivity contribution < 1.29 is 18.0 Å². The van der Waals surface area contributed by atoms with Gasteiger partial charge in [0, 0.05) is 38.0 Å². The minimum Gasteiger partial charge on any atom is -0.350 e. The zero-order valence-corrected chi connectivity index (χ0v) is 18.9. The van der Waals surface area contributed by atoms with Crippen LogP contribution in [0.15, 0.2) is 23.1 Å². The number of piperazine rings is 1. The summed E-state index contributed by atoms with van der Waals surface area (Å²) in [4.78, 5) is 28.5. The molecule has 0 saturated carbocycles. The van der Waals surface area contributed by atoms with Crippen LogP contribution < -0.4 is 10.6 Å². The third-order valence-electron chi connectivity index (χ3n) is 4.35. The molecule has 0 unspecified atom stereocenters. The van der Waals surface area contributed by atoms with E-state index in [0.29, 0.717) is 32.7 Å². The Bertz CT molecular complexity index is 859. The van der Waals surface area contributed by atoms with Crippen molar-refractivity contribution in [1.29, 1.82) is 0 Å².